The fourth-order valence-electron chi connectivity index (χ4n) is 0.622. The Kier molecular flexibility index (Phi) is 14.6. The number of nitriles is 1. The van der Waals surface area contributed by atoms with Crippen molar-refractivity contribution in [1.29, 1.82) is 5.26 Å². The summed E-state index contributed by atoms with van der Waals surface area (Å²) in [5.41, 5.74) is 0. The highest BCUT2D eigenvalue weighted by Gasteiger charge is 1.87. The molecule has 0 fully saturated rings. The molecule has 0 aromatic rings. The number of hydrogen-bond donors (Lipinski definition) is 0. The first-order valence-corrected chi connectivity index (χ1v) is 4.47. The maximum atomic E-state index is 7.51. The van der Waals surface area contributed by atoms with Crippen molar-refractivity contribution in [2.24, 2.45) is 5.92 Å². The van der Waals surface area contributed by atoms with Crippen LogP contribution in [0.2, 0.25) is 0 Å². The predicted molar refractivity (Wildman–Crippen MR) is 59.2 cm³/mol. The van der Waals surface area contributed by atoms with E-state index in [-0.39, 0.29) is 0 Å². The largest absolute Gasteiger partial charge is 0.193 e. The number of rotatable bonds is 4. The molecule has 0 N–H and O–H groups in total. The fraction of sp³-hybridized carbons (Fsp3) is 0.417. The van der Waals surface area contributed by atoms with Crippen molar-refractivity contribution in [3.05, 3.63) is 37.5 Å². The lowest BCUT2D eigenvalue weighted by atomic mass is 10.1. The average Bonchev–Trinajstić information content (AvgIpc) is 2.13. The van der Waals surface area contributed by atoms with Crippen LogP contribution in [0.4, 0.5) is 0 Å². The molecule has 0 heterocycles. The van der Waals surface area contributed by atoms with Gasteiger partial charge in [0.25, 0.3) is 0 Å². The molecular formula is C12H19N. The van der Waals surface area contributed by atoms with Crippen LogP contribution in [-0.4, -0.2) is 0 Å². The lowest BCUT2D eigenvalue weighted by Gasteiger charge is -1.97. The third-order valence-electron chi connectivity index (χ3n) is 1.27. The second-order valence-corrected chi connectivity index (χ2v) is 2.97. The van der Waals surface area contributed by atoms with Crippen LogP contribution in [-0.2, 0) is 0 Å². The van der Waals surface area contributed by atoms with Gasteiger partial charge in [-0.2, -0.15) is 5.26 Å². The van der Waals surface area contributed by atoms with Crippen LogP contribution in [0.25, 0.3) is 0 Å². The van der Waals surface area contributed by atoms with Crippen LogP contribution in [0.15, 0.2) is 37.5 Å². The van der Waals surface area contributed by atoms with E-state index in [9.17, 15) is 0 Å². The van der Waals surface area contributed by atoms with Crippen LogP contribution in [0.5, 0.6) is 0 Å². The average molecular weight is 177 g/mol. The maximum Gasteiger partial charge on any atom is 0.0905 e. The van der Waals surface area contributed by atoms with E-state index in [1.807, 2.05) is 12.2 Å². The Bertz CT molecular complexity index is 182. The second-order valence-electron chi connectivity index (χ2n) is 2.97. The van der Waals surface area contributed by atoms with E-state index in [0.717, 1.165) is 5.92 Å². The van der Waals surface area contributed by atoms with Crippen molar-refractivity contribution in [1.82, 2.24) is 0 Å². The molecule has 1 heteroatoms. The van der Waals surface area contributed by atoms with Gasteiger partial charge in [0.2, 0.25) is 0 Å². The summed E-state index contributed by atoms with van der Waals surface area (Å²) in [5, 5.41) is 7.51. The molecule has 0 unspecified atom stereocenters. The first-order chi connectivity index (χ1) is 6.18. The van der Waals surface area contributed by atoms with Crippen LogP contribution >= 0.6 is 0 Å². The zero-order valence-electron chi connectivity index (χ0n) is 8.66. The molecular weight excluding hydrogens is 158 g/mol. The third-order valence-corrected chi connectivity index (χ3v) is 1.27. The fourth-order valence-corrected chi connectivity index (χ4v) is 0.622. The molecule has 0 aromatic heterocycles. The van der Waals surface area contributed by atoms with E-state index in [1.54, 1.807) is 6.07 Å². The maximum absolute atomic E-state index is 7.51. The summed E-state index contributed by atoms with van der Waals surface area (Å²) >= 11 is 0. The van der Waals surface area contributed by atoms with Gasteiger partial charge in [0.15, 0.2) is 0 Å². The summed E-state index contributed by atoms with van der Waals surface area (Å²) in [5.74, 6) is 0.819. The SMILES string of the molecule is C=CC#N.C=CC=CCCC(C)C. The monoisotopic (exact) mass is 177 g/mol. The van der Waals surface area contributed by atoms with Crippen LogP contribution < -0.4 is 0 Å². The van der Waals surface area contributed by atoms with Gasteiger partial charge in [-0.05, 0) is 18.8 Å². The highest BCUT2D eigenvalue weighted by Crippen LogP contribution is 2.03. The summed E-state index contributed by atoms with van der Waals surface area (Å²) in [6.45, 7) is 11.2. The predicted octanol–water partition coefficient (Wildman–Crippen LogP) is 3.86. The zero-order valence-corrected chi connectivity index (χ0v) is 8.66. The van der Waals surface area contributed by atoms with Gasteiger partial charge >= 0.3 is 0 Å². The van der Waals surface area contributed by atoms with Gasteiger partial charge < -0.3 is 0 Å². The van der Waals surface area contributed by atoms with Crippen molar-refractivity contribution in [3.63, 3.8) is 0 Å². The van der Waals surface area contributed by atoms with E-state index in [1.165, 1.54) is 18.9 Å². The smallest absolute Gasteiger partial charge is 0.0905 e. The Hall–Kier alpha value is -1.29. The standard InChI is InChI=1S/C9H16.C3H3N/c1-4-5-6-7-8-9(2)3;1-2-3-4/h4-6,9H,1,7-8H2,2-3H3;2H,1H2. The van der Waals surface area contributed by atoms with E-state index >= 15 is 0 Å². The minimum Gasteiger partial charge on any atom is -0.193 e. The van der Waals surface area contributed by atoms with Crippen LogP contribution in [0.1, 0.15) is 26.7 Å². The molecule has 0 spiro atoms. The van der Waals surface area contributed by atoms with E-state index < -0.39 is 0 Å². The first-order valence-electron chi connectivity index (χ1n) is 4.47. The summed E-state index contributed by atoms with van der Waals surface area (Å²) < 4.78 is 0. The molecule has 0 atom stereocenters. The van der Waals surface area contributed by atoms with Crippen LogP contribution in [0.3, 0.4) is 0 Å². The molecule has 0 amide bonds. The third kappa shape index (κ3) is 24.9. The minimum absolute atomic E-state index is 0.819. The molecule has 0 bridgehead atoms. The summed E-state index contributed by atoms with van der Waals surface area (Å²) in [6, 6.07) is 1.69. The molecule has 0 saturated carbocycles. The van der Waals surface area contributed by atoms with E-state index in [0.29, 0.717) is 0 Å². The van der Waals surface area contributed by atoms with Crippen LogP contribution in [0, 0.1) is 17.2 Å². The van der Waals surface area contributed by atoms with Gasteiger partial charge in [-0.15, -0.1) is 0 Å². The van der Waals surface area contributed by atoms with Gasteiger partial charge in [-0.25, -0.2) is 0 Å². The first kappa shape index (κ1) is 14.2. The lowest BCUT2D eigenvalue weighted by molar-refractivity contribution is 0.594. The van der Waals surface area contributed by atoms with Gasteiger partial charge in [-0.1, -0.05) is 45.2 Å². The number of allylic oxidation sites excluding steroid dienone is 4. The normalized spacial score (nSPS) is 8.77. The quantitative estimate of drug-likeness (QED) is 0.472. The molecule has 72 valence electrons. The number of hydrogen-bond acceptors (Lipinski definition) is 1. The molecule has 0 rings (SSSR count). The molecule has 0 aliphatic heterocycles. The van der Waals surface area contributed by atoms with Gasteiger partial charge in [0, 0.05) is 6.08 Å². The lowest BCUT2D eigenvalue weighted by Crippen LogP contribution is -1.83. The van der Waals surface area contributed by atoms with E-state index in [4.69, 9.17) is 5.26 Å². The molecule has 0 radical (unpaired) electrons. The zero-order chi connectivity index (χ0) is 10.5. The van der Waals surface area contributed by atoms with Crippen molar-refractivity contribution in [2.75, 3.05) is 0 Å². The summed E-state index contributed by atoms with van der Waals surface area (Å²) in [7, 11) is 0. The molecule has 0 aliphatic rings. The Balaban J connectivity index is 0. The molecule has 13 heavy (non-hydrogen) atoms. The van der Waals surface area contributed by atoms with Gasteiger partial charge in [0.05, 0.1) is 6.07 Å². The topological polar surface area (TPSA) is 23.8 Å². The Labute approximate surface area is 82.1 Å². The second kappa shape index (κ2) is 13.3. The van der Waals surface area contributed by atoms with Crippen molar-refractivity contribution < 1.29 is 0 Å². The Morgan fingerprint density at radius 3 is 2.23 bits per heavy atom. The number of nitrogens with zero attached hydrogens (tertiary/aromatic N) is 1. The van der Waals surface area contributed by atoms with Crippen molar-refractivity contribution >= 4 is 0 Å². The molecule has 1 nitrogen and oxygen atoms in total. The van der Waals surface area contributed by atoms with Crippen molar-refractivity contribution in [3.8, 4) is 6.07 Å². The highest BCUT2D eigenvalue weighted by atomic mass is 14.2. The minimum atomic E-state index is 0.819. The summed E-state index contributed by atoms with van der Waals surface area (Å²) in [4.78, 5) is 0. The summed E-state index contributed by atoms with van der Waals surface area (Å²) in [6.07, 6.45) is 9.63. The molecule has 0 aromatic carbocycles. The van der Waals surface area contributed by atoms with E-state index in [2.05, 4.69) is 33.1 Å². The molecule has 0 aliphatic carbocycles. The van der Waals surface area contributed by atoms with Gasteiger partial charge in [0.1, 0.15) is 0 Å². The van der Waals surface area contributed by atoms with Crippen molar-refractivity contribution in [2.45, 2.75) is 26.7 Å². The highest BCUT2D eigenvalue weighted by molar-refractivity contribution is 4.96. The van der Waals surface area contributed by atoms with Gasteiger partial charge in [-0.3, -0.25) is 0 Å². The Morgan fingerprint density at radius 1 is 1.38 bits per heavy atom. The molecule has 0 saturated heterocycles. The Morgan fingerprint density at radius 2 is 1.92 bits per heavy atom.